The molecule has 0 saturated carbocycles. The summed E-state index contributed by atoms with van der Waals surface area (Å²) >= 11 is 0. The number of likely N-dealkylation sites (tertiary alicyclic amines) is 1. The number of fused-ring (bicyclic) bond motifs is 2. The highest BCUT2D eigenvalue weighted by Gasteiger charge is 2.49. The van der Waals surface area contributed by atoms with E-state index in [1.165, 1.54) is 0 Å². The number of rotatable bonds is 6. The highest BCUT2D eigenvalue weighted by atomic mass is 35.5. The average Bonchev–Trinajstić information content (AvgIpc) is 3.03. The van der Waals surface area contributed by atoms with Crippen LogP contribution in [0.15, 0.2) is 59.5 Å². The van der Waals surface area contributed by atoms with Gasteiger partial charge in [0.05, 0.1) is 16.2 Å². The molecule has 1 atom stereocenters. The van der Waals surface area contributed by atoms with Crippen LogP contribution in [-0.2, 0) is 31.3 Å². The number of hydrogen-bond acceptors (Lipinski definition) is 5. The van der Waals surface area contributed by atoms with E-state index in [1.54, 1.807) is 30.9 Å². The van der Waals surface area contributed by atoms with Crippen molar-refractivity contribution >= 4 is 34.1 Å². The minimum absolute atomic E-state index is 0. The molecule has 3 N–H and O–H groups in total. The first-order chi connectivity index (χ1) is 16.0. The van der Waals surface area contributed by atoms with Crippen LogP contribution in [0.1, 0.15) is 44.2 Å². The molecule has 2 aromatic carbocycles. The van der Waals surface area contributed by atoms with Crippen molar-refractivity contribution in [2.45, 2.75) is 61.4 Å². The SMILES string of the molecule is CC(C)(N)C(=O)N[C@H](CCc1ccccc1)C(=O)N1CCC2(CC1)CS(=O)(=O)c1ccccc12.Cl. The molecule has 2 amide bonds. The minimum atomic E-state index is -3.31. The number of halogens is 1. The minimum Gasteiger partial charge on any atom is -0.343 e. The van der Waals surface area contributed by atoms with Gasteiger partial charge in [0.1, 0.15) is 6.04 Å². The number of piperidine rings is 1. The van der Waals surface area contributed by atoms with Gasteiger partial charge in [0, 0.05) is 18.5 Å². The molecule has 35 heavy (non-hydrogen) atoms. The average molecular weight is 520 g/mol. The molecule has 9 heteroatoms. The Bertz CT molecular complexity index is 1170. The first-order valence-corrected chi connectivity index (χ1v) is 13.4. The first-order valence-electron chi connectivity index (χ1n) is 11.8. The normalized spacial score (nSPS) is 18.9. The van der Waals surface area contributed by atoms with E-state index < -0.39 is 26.8 Å². The van der Waals surface area contributed by atoms with E-state index in [9.17, 15) is 18.0 Å². The van der Waals surface area contributed by atoms with Gasteiger partial charge in [0.15, 0.2) is 9.84 Å². The van der Waals surface area contributed by atoms with Gasteiger partial charge in [-0.15, -0.1) is 12.4 Å². The fourth-order valence-electron chi connectivity index (χ4n) is 5.04. The van der Waals surface area contributed by atoms with E-state index in [2.05, 4.69) is 5.32 Å². The molecule has 2 aliphatic rings. The van der Waals surface area contributed by atoms with Crippen molar-refractivity contribution in [1.82, 2.24) is 10.2 Å². The molecule has 0 aromatic heterocycles. The van der Waals surface area contributed by atoms with Crippen LogP contribution in [0.25, 0.3) is 0 Å². The third-order valence-electron chi connectivity index (χ3n) is 7.05. The monoisotopic (exact) mass is 519 g/mol. The summed E-state index contributed by atoms with van der Waals surface area (Å²) in [7, 11) is -3.31. The quantitative estimate of drug-likeness (QED) is 0.609. The van der Waals surface area contributed by atoms with Crippen LogP contribution in [0.5, 0.6) is 0 Å². The van der Waals surface area contributed by atoms with E-state index in [1.807, 2.05) is 42.5 Å². The molecular weight excluding hydrogens is 486 g/mol. The summed E-state index contributed by atoms with van der Waals surface area (Å²) in [5, 5.41) is 2.86. The Labute approximate surface area is 213 Å². The van der Waals surface area contributed by atoms with Gasteiger partial charge in [-0.1, -0.05) is 48.5 Å². The van der Waals surface area contributed by atoms with Gasteiger partial charge in [-0.25, -0.2) is 8.42 Å². The Morgan fingerprint density at radius 2 is 1.66 bits per heavy atom. The maximum absolute atomic E-state index is 13.5. The van der Waals surface area contributed by atoms with Crippen LogP contribution in [0, 0.1) is 0 Å². The van der Waals surface area contributed by atoms with E-state index >= 15 is 0 Å². The van der Waals surface area contributed by atoms with Crippen molar-refractivity contribution in [3.05, 3.63) is 65.7 Å². The van der Waals surface area contributed by atoms with Crippen LogP contribution in [0.3, 0.4) is 0 Å². The number of carbonyl (C=O) groups excluding carboxylic acids is 2. The summed E-state index contributed by atoms with van der Waals surface area (Å²) in [4.78, 5) is 28.3. The maximum atomic E-state index is 13.5. The lowest BCUT2D eigenvalue weighted by Crippen LogP contribution is -2.58. The number of nitrogens with two attached hydrogens (primary N) is 1. The second kappa shape index (κ2) is 10.3. The Kier molecular flexibility index (Phi) is 7.99. The summed E-state index contributed by atoms with van der Waals surface area (Å²) in [6.07, 6.45) is 2.27. The summed E-state index contributed by atoms with van der Waals surface area (Å²) in [6.45, 7) is 4.13. The summed E-state index contributed by atoms with van der Waals surface area (Å²) in [6, 6.07) is 16.4. The zero-order chi connectivity index (χ0) is 24.6. The van der Waals surface area contributed by atoms with Crippen LogP contribution < -0.4 is 11.1 Å². The number of benzene rings is 2. The summed E-state index contributed by atoms with van der Waals surface area (Å²) in [5.74, 6) is -0.419. The third kappa shape index (κ3) is 5.71. The molecule has 0 bridgehead atoms. The smallest absolute Gasteiger partial charge is 0.245 e. The number of sulfone groups is 1. The van der Waals surface area contributed by atoms with E-state index in [4.69, 9.17) is 5.73 Å². The Morgan fingerprint density at radius 1 is 1.06 bits per heavy atom. The van der Waals surface area contributed by atoms with Gasteiger partial charge in [0.25, 0.3) is 0 Å². The molecule has 0 radical (unpaired) electrons. The molecule has 4 rings (SSSR count). The molecule has 190 valence electrons. The van der Waals surface area contributed by atoms with Gasteiger partial charge in [0.2, 0.25) is 11.8 Å². The molecule has 2 heterocycles. The fourth-order valence-corrected chi connectivity index (χ4v) is 7.27. The molecular formula is C26H34ClN3O4S. The molecule has 2 aromatic rings. The summed E-state index contributed by atoms with van der Waals surface area (Å²) < 4.78 is 25.5. The molecule has 0 unspecified atom stereocenters. The van der Waals surface area contributed by atoms with E-state index in [0.29, 0.717) is 43.7 Å². The molecule has 1 saturated heterocycles. The second-order valence-corrected chi connectivity index (χ2v) is 12.1. The number of nitrogens with zero attached hydrogens (tertiary/aromatic N) is 1. The topological polar surface area (TPSA) is 110 Å². The fraction of sp³-hybridized carbons (Fsp3) is 0.462. The van der Waals surface area contributed by atoms with Crippen molar-refractivity contribution in [3.63, 3.8) is 0 Å². The number of amides is 2. The zero-order valence-electron chi connectivity index (χ0n) is 20.2. The van der Waals surface area contributed by atoms with Gasteiger partial charge in [-0.2, -0.15) is 0 Å². The first kappa shape index (κ1) is 27.2. The molecule has 7 nitrogen and oxygen atoms in total. The van der Waals surface area contributed by atoms with Crippen molar-refractivity contribution in [2.24, 2.45) is 5.73 Å². The number of aryl methyl sites for hydroxylation is 1. The molecule has 1 spiro atoms. The Hall–Kier alpha value is -2.42. The van der Waals surface area contributed by atoms with Crippen LogP contribution in [0.4, 0.5) is 0 Å². The molecule has 0 aliphatic carbocycles. The largest absolute Gasteiger partial charge is 0.343 e. The highest BCUT2D eigenvalue weighted by molar-refractivity contribution is 7.91. The number of hydrogen-bond donors (Lipinski definition) is 2. The van der Waals surface area contributed by atoms with Crippen molar-refractivity contribution in [3.8, 4) is 0 Å². The lowest BCUT2D eigenvalue weighted by molar-refractivity contribution is -0.138. The lowest BCUT2D eigenvalue weighted by Gasteiger charge is -2.40. The second-order valence-electron chi connectivity index (χ2n) is 10.1. The molecule has 1 fully saturated rings. The van der Waals surface area contributed by atoms with Gasteiger partial charge in [-0.3, -0.25) is 9.59 Å². The van der Waals surface area contributed by atoms with Crippen LogP contribution in [0.2, 0.25) is 0 Å². The van der Waals surface area contributed by atoms with Crippen molar-refractivity contribution in [1.29, 1.82) is 0 Å². The number of nitrogens with one attached hydrogen (secondary N) is 1. The Morgan fingerprint density at radius 3 is 2.29 bits per heavy atom. The third-order valence-corrected chi connectivity index (χ3v) is 9.00. The van der Waals surface area contributed by atoms with Gasteiger partial charge >= 0.3 is 0 Å². The highest BCUT2D eigenvalue weighted by Crippen LogP contribution is 2.46. The standard InChI is InChI=1S/C26H33N3O4S.ClH/c1-25(2,27)24(31)28-21(13-12-19-8-4-3-5-9-19)23(30)29-16-14-26(15-17-29)18-34(32,33)22-11-7-6-10-20(22)26;/h3-11,21H,12-18,27H2,1-2H3,(H,28,31);1H/t21-;/m1./s1. The molecule has 2 aliphatic heterocycles. The predicted octanol–water partition coefficient (Wildman–Crippen LogP) is 2.61. The summed E-state index contributed by atoms with van der Waals surface area (Å²) in [5.41, 5.74) is 6.39. The maximum Gasteiger partial charge on any atom is 0.245 e. The van der Waals surface area contributed by atoms with Crippen molar-refractivity contribution < 1.29 is 18.0 Å². The van der Waals surface area contributed by atoms with Gasteiger partial charge in [-0.05, 0) is 56.7 Å². The predicted molar refractivity (Wildman–Crippen MR) is 138 cm³/mol. The Balaban J connectivity index is 0.00000342. The van der Waals surface area contributed by atoms with Crippen LogP contribution >= 0.6 is 12.4 Å². The van der Waals surface area contributed by atoms with E-state index in [0.717, 1.165) is 11.1 Å². The van der Waals surface area contributed by atoms with Crippen molar-refractivity contribution in [2.75, 3.05) is 18.8 Å². The van der Waals surface area contributed by atoms with Crippen LogP contribution in [-0.4, -0.2) is 55.6 Å². The zero-order valence-corrected chi connectivity index (χ0v) is 21.8. The van der Waals surface area contributed by atoms with E-state index in [-0.39, 0.29) is 30.0 Å². The number of carbonyl (C=O) groups is 2. The van der Waals surface area contributed by atoms with Gasteiger partial charge < -0.3 is 16.0 Å². The lowest BCUT2D eigenvalue weighted by atomic mass is 9.74.